The molecule has 4 bridgehead atoms. The predicted molar refractivity (Wildman–Crippen MR) is 122 cm³/mol. The van der Waals surface area contributed by atoms with E-state index in [0.29, 0.717) is 44.9 Å². The van der Waals surface area contributed by atoms with E-state index in [1.807, 2.05) is 20.8 Å². The SMILES string of the molecule is C[C@@]12O[C@H]3C[C@H]1C[C@@]1(CC[C@@H]4[C@](C)(C(=O)O[C@@H]5O[C@H](CO)[C@@H](O)[C@H](O)[C@H]5O)CCC[C@@]4(C)[C@]31O)[C@@H]2O. The van der Waals surface area contributed by atoms with Crippen LogP contribution in [0.2, 0.25) is 0 Å². The Hall–Kier alpha value is -0.850. The van der Waals surface area contributed by atoms with Gasteiger partial charge in [-0.1, -0.05) is 13.3 Å². The molecule has 7 aliphatic rings. The van der Waals surface area contributed by atoms with Gasteiger partial charge in [0.25, 0.3) is 0 Å². The summed E-state index contributed by atoms with van der Waals surface area (Å²) >= 11 is 0. The van der Waals surface area contributed by atoms with Crippen molar-refractivity contribution in [3.8, 4) is 0 Å². The Balaban J connectivity index is 1.31. The molecular weight excluding hydrogens is 472 g/mol. The van der Waals surface area contributed by atoms with Crippen molar-refractivity contribution < 1.29 is 49.6 Å². The molecular formula is C26H40O10. The van der Waals surface area contributed by atoms with E-state index >= 15 is 0 Å². The number of carbonyl (C=O) groups excluding carboxylic acids is 1. The predicted octanol–water partition coefficient (Wildman–Crippen LogP) is -0.404. The second kappa shape index (κ2) is 7.63. The molecule has 6 N–H and O–H groups in total. The number of rotatable bonds is 3. The molecule has 3 saturated heterocycles. The first-order valence-corrected chi connectivity index (χ1v) is 13.4. The number of esters is 1. The van der Waals surface area contributed by atoms with E-state index in [0.717, 1.165) is 0 Å². The maximum absolute atomic E-state index is 13.8. The van der Waals surface area contributed by atoms with Gasteiger partial charge in [0.05, 0.1) is 29.8 Å². The summed E-state index contributed by atoms with van der Waals surface area (Å²) in [7, 11) is 0. The summed E-state index contributed by atoms with van der Waals surface area (Å²) in [5.74, 6) is -0.669. The fourth-order valence-corrected chi connectivity index (χ4v) is 9.94. The third-order valence-corrected chi connectivity index (χ3v) is 11.8. The molecule has 3 heterocycles. The van der Waals surface area contributed by atoms with E-state index in [1.54, 1.807) is 0 Å². The van der Waals surface area contributed by atoms with E-state index in [9.17, 15) is 35.4 Å². The van der Waals surface area contributed by atoms with Gasteiger partial charge in [-0.25, -0.2) is 0 Å². The average molecular weight is 513 g/mol. The first kappa shape index (κ1) is 25.4. The van der Waals surface area contributed by atoms with Crippen LogP contribution in [0, 0.1) is 28.1 Å². The largest absolute Gasteiger partial charge is 0.432 e. The molecule has 3 aliphatic heterocycles. The Labute approximate surface area is 210 Å². The van der Waals surface area contributed by atoms with Crippen LogP contribution in [0.5, 0.6) is 0 Å². The fourth-order valence-electron chi connectivity index (χ4n) is 9.94. The molecule has 36 heavy (non-hydrogen) atoms. The van der Waals surface area contributed by atoms with Gasteiger partial charge in [-0.05, 0) is 64.2 Å². The second-order valence-electron chi connectivity index (χ2n) is 13.1. The molecule has 7 fully saturated rings. The summed E-state index contributed by atoms with van der Waals surface area (Å²) in [6, 6.07) is 0. The first-order chi connectivity index (χ1) is 16.8. The van der Waals surface area contributed by atoms with Crippen molar-refractivity contribution in [1.29, 1.82) is 0 Å². The van der Waals surface area contributed by atoms with Crippen molar-refractivity contribution in [3.05, 3.63) is 0 Å². The second-order valence-corrected chi connectivity index (χ2v) is 13.1. The minimum Gasteiger partial charge on any atom is -0.432 e. The molecule has 0 aromatic heterocycles. The smallest absolute Gasteiger partial charge is 0.314 e. The van der Waals surface area contributed by atoms with E-state index in [1.165, 1.54) is 0 Å². The molecule has 1 spiro atoms. The van der Waals surface area contributed by atoms with E-state index in [-0.39, 0.29) is 11.8 Å². The number of aliphatic hydroxyl groups is 6. The van der Waals surface area contributed by atoms with Gasteiger partial charge in [-0.15, -0.1) is 0 Å². The Morgan fingerprint density at radius 3 is 2.42 bits per heavy atom. The minimum absolute atomic E-state index is 0.212. The summed E-state index contributed by atoms with van der Waals surface area (Å²) < 4.78 is 17.5. The third-order valence-electron chi connectivity index (χ3n) is 11.8. The van der Waals surface area contributed by atoms with Crippen LogP contribution in [0.25, 0.3) is 0 Å². The highest BCUT2D eigenvalue weighted by Gasteiger charge is 2.84. The first-order valence-electron chi connectivity index (χ1n) is 13.4. The van der Waals surface area contributed by atoms with Gasteiger partial charge in [0.2, 0.25) is 6.29 Å². The van der Waals surface area contributed by atoms with Crippen LogP contribution in [0.3, 0.4) is 0 Å². The highest BCUT2D eigenvalue weighted by molar-refractivity contribution is 5.77. The van der Waals surface area contributed by atoms with Crippen molar-refractivity contribution in [2.24, 2.45) is 28.1 Å². The van der Waals surface area contributed by atoms with Crippen LogP contribution in [0.1, 0.15) is 65.7 Å². The van der Waals surface area contributed by atoms with Gasteiger partial charge >= 0.3 is 5.97 Å². The molecule has 14 atom stereocenters. The van der Waals surface area contributed by atoms with Crippen LogP contribution in [-0.2, 0) is 19.0 Å². The number of hydrogen-bond donors (Lipinski definition) is 6. The zero-order chi connectivity index (χ0) is 26.1. The molecule has 0 amide bonds. The summed E-state index contributed by atoms with van der Waals surface area (Å²) in [5, 5.41) is 64.2. The Morgan fingerprint density at radius 2 is 1.75 bits per heavy atom. The van der Waals surface area contributed by atoms with Gasteiger partial charge in [0.15, 0.2) is 0 Å². The maximum Gasteiger partial charge on any atom is 0.314 e. The van der Waals surface area contributed by atoms with E-state index in [2.05, 4.69) is 0 Å². The monoisotopic (exact) mass is 512 g/mol. The van der Waals surface area contributed by atoms with Gasteiger partial charge < -0.3 is 44.8 Å². The lowest BCUT2D eigenvalue weighted by Gasteiger charge is -2.70. The lowest BCUT2D eigenvalue weighted by molar-refractivity contribution is -0.353. The molecule has 10 heteroatoms. The Morgan fingerprint density at radius 1 is 1.03 bits per heavy atom. The van der Waals surface area contributed by atoms with Crippen LogP contribution in [0.4, 0.5) is 0 Å². The summed E-state index contributed by atoms with van der Waals surface area (Å²) in [6.07, 6.45) is -4.26. The molecule has 0 aromatic rings. The number of fused-ring (bicyclic) bond motifs is 1. The molecule has 7 rings (SSSR count). The van der Waals surface area contributed by atoms with Crippen molar-refractivity contribution >= 4 is 5.97 Å². The molecule has 0 unspecified atom stereocenters. The lowest BCUT2D eigenvalue weighted by Crippen LogP contribution is -2.78. The van der Waals surface area contributed by atoms with Gasteiger partial charge in [-0.2, -0.15) is 0 Å². The Kier molecular flexibility index (Phi) is 5.39. The maximum atomic E-state index is 13.8. The topological polar surface area (TPSA) is 166 Å². The van der Waals surface area contributed by atoms with Gasteiger partial charge in [0, 0.05) is 10.8 Å². The van der Waals surface area contributed by atoms with Crippen molar-refractivity contribution in [2.45, 2.75) is 120 Å². The fraction of sp³-hybridized carbons (Fsp3) is 0.962. The average Bonchev–Trinajstić information content (AvgIpc) is 3.22. The number of ether oxygens (including phenoxy) is 3. The summed E-state index contributed by atoms with van der Waals surface area (Å²) in [6.45, 7) is 5.20. The minimum atomic E-state index is -1.67. The van der Waals surface area contributed by atoms with Gasteiger partial charge in [0.1, 0.15) is 30.0 Å². The number of aliphatic hydroxyl groups excluding tert-OH is 5. The molecule has 4 aliphatic carbocycles. The highest BCUT2D eigenvalue weighted by Crippen LogP contribution is 2.78. The highest BCUT2D eigenvalue weighted by atomic mass is 16.7. The molecule has 10 nitrogen and oxygen atoms in total. The zero-order valence-electron chi connectivity index (χ0n) is 21.2. The number of hydrogen-bond acceptors (Lipinski definition) is 10. The van der Waals surface area contributed by atoms with E-state index in [4.69, 9.17) is 14.2 Å². The molecule has 4 saturated carbocycles. The standard InChI is InChI=1S/C26H40O10/c1-22(21(32)35-19-18(30)17(29)16(28)13(11-27)34-19)6-4-7-23(2)14(22)5-8-25-10-12-9-15(26(23,25)33)36-24(12,3)20(25)31/h12-20,27-31,33H,4-11H2,1-3H3/t12-,13+,14+,15-,16+,17-,18+,19-,20+,22+,23+,24+,25-,26+/m0/s1. The Bertz CT molecular complexity index is 944. The van der Waals surface area contributed by atoms with Crippen molar-refractivity contribution in [2.75, 3.05) is 6.61 Å². The molecule has 0 radical (unpaired) electrons. The molecule has 204 valence electrons. The van der Waals surface area contributed by atoms with Crippen molar-refractivity contribution in [1.82, 2.24) is 0 Å². The van der Waals surface area contributed by atoms with Crippen LogP contribution >= 0.6 is 0 Å². The van der Waals surface area contributed by atoms with Crippen LogP contribution in [-0.4, -0.2) is 97.3 Å². The molecule has 0 aromatic carbocycles. The van der Waals surface area contributed by atoms with Gasteiger partial charge in [-0.3, -0.25) is 4.79 Å². The number of carbonyl (C=O) groups is 1. The normalized spacial score (nSPS) is 61.5. The summed E-state index contributed by atoms with van der Waals surface area (Å²) in [4.78, 5) is 13.8. The van der Waals surface area contributed by atoms with Crippen molar-refractivity contribution in [3.63, 3.8) is 0 Å². The van der Waals surface area contributed by atoms with Crippen LogP contribution in [0.15, 0.2) is 0 Å². The van der Waals surface area contributed by atoms with Crippen LogP contribution < -0.4 is 0 Å². The quantitative estimate of drug-likeness (QED) is 0.274. The zero-order valence-corrected chi connectivity index (χ0v) is 21.2. The van der Waals surface area contributed by atoms with E-state index < -0.39 is 82.9 Å². The summed E-state index contributed by atoms with van der Waals surface area (Å²) in [5.41, 5.74) is -4.33. The lowest BCUT2D eigenvalue weighted by atomic mass is 9.37. The third kappa shape index (κ3) is 2.68.